The fourth-order valence-corrected chi connectivity index (χ4v) is 8.25. The second-order valence-electron chi connectivity index (χ2n) is 14.1. The normalized spacial score (nSPS) is 11.5. The van der Waals surface area contributed by atoms with E-state index in [4.69, 9.17) is 6.57 Å². The Hall–Kier alpha value is -7.22. The lowest BCUT2D eigenvalue weighted by molar-refractivity contribution is 1.10. The zero-order valence-electron chi connectivity index (χ0n) is 30.0. The summed E-state index contributed by atoms with van der Waals surface area (Å²) in [6, 6.07) is 56.5. The SMILES string of the molecule is [C-]#[N+]c1cc(-n2c3ccccc3c3cc(-c4cccc(C)c4)ccc32)c(-n2c3ccccc3c3cc(-c4cccc(C)c4)ccc32)cc1-c1ccncc1. The molecule has 3 heterocycles. The van der Waals surface area contributed by atoms with Crippen molar-refractivity contribution in [3.63, 3.8) is 0 Å². The van der Waals surface area contributed by atoms with Gasteiger partial charge in [0.15, 0.2) is 5.69 Å². The molecule has 0 aliphatic rings. The smallest absolute Gasteiger partial charge is 0.197 e. The number of aromatic nitrogens is 3. The van der Waals surface area contributed by atoms with Gasteiger partial charge in [0.05, 0.1) is 40.0 Å². The average Bonchev–Trinajstić information content (AvgIpc) is 3.73. The summed E-state index contributed by atoms with van der Waals surface area (Å²) < 4.78 is 4.74. The molecule has 0 saturated carbocycles. The van der Waals surface area contributed by atoms with E-state index in [1.54, 1.807) is 12.4 Å². The van der Waals surface area contributed by atoms with E-state index in [0.29, 0.717) is 5.69 Å². The minimum absolute atomic E-state index is 0.588. The molecule has 0 bridgehead atoms. The fourth-order valence-electron chi connectivity index (χ4n) is 8.25. The van der Waals surface area contributed by atoms with Crippen LogP contribution in [0.15, 0.2) is 170 Å². The molecule has 254 valence electrons. The molecule has 0 atom stereocenters. The summed E-state index contributed by atoms with van der Waals surface area (Å²) >= 11 is 0. The summed E-state index contributed by atoms with van der Waals surface area (Å²) in [6.07, 6.45) is 3.59. The molecule has 4 heteroatoms. The molecule has 0 N–H and O–H groups in total. The van der Waals surface area contributed by atoms with Crippen molar-refractivity contribution in [1.29, 1.82) is 0 Å². The maximum atomic E-state index is 8.44. The molecule has 0 fully saturated rings. The lowest BCUT2D eigenvalue weighted by Gasteiger charge is -2.20. The Bertz CT molecular complexity index is 3140. The van der Waals surface area contributed by atoms with E-state index in [9.17, 15) is 0 Å². The third-order valence-electron chi connectivity index (χ3n) is 10.7. The number of fused-ring (bicyclic) bond motifs is 6. The van der Waals surface area contributed by atoms with Gasteiger partial charge in [0.2, 0.25) is 0 Å². The first-order chi connectivity index (χ1) is 26.6. The van der Waals surface area contributed by atoms with Gasteiger partial charge in [-0.05, 0) is 108 Å². The molecule has 0 spiro atoms. The highest BCUT2D eigenvalue weighted by molar-refractivity contribution is 6.13. The topological polar surface area (TPSA) is 27.1 Å². The Morgan fingerprint density at radius 1 is 0.426 bits per heavy atom. The number of hydrogen-bond donors (Lipinski definition) is 0. The minimum Gasteiger partial charge on any atom is -0.308 e. The second-order valence-corrected chi connectivity index (χ2v) is 14.1. The molecule has 10 aromatic rings. The number of hydrogen-bond acceptors (Lipinski definition) is 1. The first kappa shape index (κ1) is 31.5. The Morgan fingerprint density at radius 2 is 0.907 bits per heavy atom. The zero-order chi connectivity index (χ0) is 36.3. The first-order valence-electron chi connectivity index (χ1n) is 18.2. The van der Waals surface area contributed by atoms with Crippen molar-refractivity contribution in [2.45, 2.75) is 13.8 Å². The third kappa shape index (κ3) is 5.02. The van der Waals surface area contributed by atoms with Crippen molar-refractivity contribution < 1.29 is 0 Å². The number of aryl methyl sites for hydroxylation is 2. The Labute approximate surface area is 313 Å². The molecule has 7 aromatic carbocycles. The number of rotatable bonds is 5. The summed E-state index contributed by atoms with van der Waals surface area (Å²) in [5, 5.41) is 4.70. The molecule has 3 aromatic heterocycles. The molecule has 0 aliphatic carbocycles. The van der Waals surface area contributed by atoms with Crippen molar-refractivity contribution in [2.75, 3.05) is 0 Å². The maximum Gasteiger partial charge on any atom is 0.197 e. The molecule has 0 amide bonds. The van der Waals surface area contributed by atoms with Crippen LogP contribution in [0.3, 0.4) is 0 Å². The van der Waals surface area contributed by atoms with E-state index in [1.165, 1.54) is 54.9 Å². The van der Waals surface area contributed by atoms with Crippen LogP contribution in [-0.2, 0) is 0 Å². The van der Waals surface area contributed by atoms with Crippen LogP contribution < -0.4 is 0 Å². The Balaban J connectivity index is 1.31. The molecule has 0 saturated heterocycles. The van der Waals surface area contributed by atoms with Crippen molar-refractivity contribution in [2.24, 2.45) is 0 Å². The minimum atomic E-state index is 0.588. The van der Waals surface area contributed by atoms with E-state index in [0.717, 1.165) is 44.6 Å². The maximum absolute atomic E-state index is 8.44. The van der Waals surface area contributed by atoms with E-state index in [2.05, 4.69) is 178 Å². The van der Waals surface area contributed by atoms with Crippen LogP contribution in [0.2, 0.25) is 0 Å². The standard InChI is InChI=1S/C50H34N4/c1-32-10-8-12-35(26-32)37-18-20-47-42(28-37)39-14-4-6-16-45(39)53(47)49-30-41(34-22-24-52-25-23-34)44(51-3)31-50(49)54-46-17-7-5-15-40(46)43-29-38(19-21-48(43)54)36-13-9-11-33(2)27-36/h4-31H,1-2H3. The average molecular weight is 691 g/mol. The molecule has 0 unspecified atom stereocenters. The van der Waals surface area contributed by atoms with E-state index in [1.807, 2.05) is 12.1 Å². The van der Waals surface area contributed by atoms with Gasteiger partial charge >= 0.3 is 0 Å². The highest BCUT2D eigenvalue weighted by Crippen LogP contribution is 2.44. The van der Waals surface area contributed by atoms with Gasteiger partial charge in [0, 0.05) is 33.9 Å². The number of pyridine rings is 1. The predicted molar refractivity (Wildman–Crippen MR) is 225 cm³/mol. The molecule has 54 heavy (non-hydrogen) atoms. The zero-order valence-corrected chi connectivity index (χ0v) is 30.0. The van der Waals surface area contributed by atoms with Gasteiger partial charge in [0.1, 0.15) is 0 Å². The molecule has 4 nitrogen and oxygen atoms in total. The van der Waals surface area contributed by atoms with Gasteiger partial charge in [-0.15, -0.1) is 0 Å². The van der Waals surface area contributed by atoms with Gasteiger partial charge in [0.25, 0.3) is 0 Å². The van der Waals surface area contributed by atoms with Crippen LogP contribution in [0.1, 0.15) is 11.1 Å². The van der Waals surface area contributed by atoms with Crippen molar-refractivity contribution in [3.05, 3.63) is 193 Å². The van der Waals surface area contributed by atoms with Crippen LogP contribution >= 0.6 is 0 Å². The van der Waals surface area contributed by atoms with Crippen LogP contribution in [0.4, 0.5) is 5.69 Å². The summed E-state index contributed by atoms with van der Waals surface area (Å²) in [4.78, 5) is 8.44. The van der Waals surface area contributed by atoms with Crippen LogP contribution in [0.5, 0.6) is 0 Å². The number of para-hydroxylation sites is 2. The van der Waals surface area contributed by atoms with E-state index < -0.39 is 0 Å². The number of benzene rings is 7. The highest BCUT2D eigenvalue weighted by Gasteiger charge is 2.22. The quantitative estimate of drug-likeness (QED) is 0.165. The fraction of sp³-hybridized carbons (Fsp3) is 0.0400. The number of nitrogens with zero attached hydrogens (tertiary/aromatic N) is 4. The van der Waals surface area contributed by atoms with Crippen molar-refractivity contribution in [3.8, 4) is 44.8 Å². The summed E-state index contributed by atoms with van der Waals surface area (Å²) in [6.45, 7) is 12.7. The van der Waals surface area contributed by atoms with Gasteiger partial charge in [-0.3, -0.25) is 4.98 Å². The molecule has 0 radical (unpaired) electrons. The van der Waals surface area contributed by atoms with Crippen LogP contribution in [0.25, 0.3) is 93.2 Å². The van der Waals surface area contributed by atoms with Gasteiger partial charge in [-0.1, -0.05) is 108 Å². The lowest BCUT2D eigenvalue weighted by Crippen LogP contribution is -2.04. The monoisotopic (exact) mass is 690 g/mol. The van der Waals surface area contributed by atoms with E-state index >= 15 is 0 Å². The Morgan fingerprint density at radius 3 is 1.43 bits per heavy atom. The van der Waals surface area contributed by atoms with Gasteiger partial charge in [-0.2, -0.15) is 0 Å². The summed E-state index contributed by atoms with van der Waals surface area (Å²) in [5.74, 6) is 0. The highest BCUT2D eigenvalue weighted by atomic mass is 15.1. The summed E-state index contributed by atoms with van der Waals surface area (Å²) in [7, 11) is 0. The van der Waals surface area contributed by atoms with Crippen LogP contribution in [-0.4, -0.2) is 14.1 Å². The lowest BCUT2D eigenvalue weighted by atomic mass is 10.0. The van der Waals surface area contributed by atoms with Crippen LogP contribution in [0, 0.1) is 20.4 Å². The molecule has 0 aliphatic heterocycles. The molecular weight excluding hydrogens is 657 g/mol. The largest absolute Gasteiger partial charge is 0.308 e. The van der Waals surface area contributed by atoms with Crippen molar-refractivity contribution >= 4 is 49.3 Å². The third-order valence-corrected chi connectivity index (χ3v) is 10.7. The first-order valence-corrected chi connectivity index (χ1v) is 18.2. The molecule has 10 rings (SSSR count). The predicted octanol–water partition coefficient (Wildman–Crippen LogP) is 13.4. The Kier molecular flexibility index (Phi) is 7.28. The molecular formula is C50H34N4. The van der Waals surface area contributed by atoms with Gasteiger partial charge < -0.3 is 9.13 Å². The van der Waals surface area contributed by atoms with Gasteiger partial charge in [-0.25, -0.2) is 4.85 Å². The summed E-state index contributed by atoms with van der Waals surface area (Å²) in [5.41, 5.74) is 16.0. The van der Waals surface area contributed by atoms with Crippen molar-refractivity contribution in [1.82, 2.24) is 14.1 Å². The second kappa shape index (κ2) is 12.5. The van der Waals surface area contributed by atoms with E-state index in [-0.39, 0.29) is 0 Å².